The van der Waals surface area contributed by atoms with E-state index in [0.29, 0.717) is 17.0 Å². The van der Waals surface area contributed by atoms with E-state index >= 15 is 0 Å². The molecule has 3 rings (SSSR count). The molecule has 0 atom stereocenters. The molecule has 6 heteroatoms. The number of alkyl halides is 3. The molecule has 29 heavy (non-hydrogen) atoms. The highest BCUT2D eigenvalue weighted by Crippen LogP contribution is 2.29. The summed E-state index contributed by atoms with van der Waals surface area (Å²) in [5.74, 6) is -0.315. The Kier molecular flexibility index (Phi) is 6.54. The Hall–Kier alpha value is -2.86. The second-order valence-corrected chi connectivity index (χ2v) is 7.26. The van der Waals surface area contributed by atoms with E-state index in [9.17, 15) is 17.6 Å². The van der Waals surface area contributed by atoms with E-state index in [2.05, 4.69) is 4.99 Å². The van der Waals surface area contributed by atoms with E-state index in [1.807, 2.05) is 31.2 Å². The Bertz CT molecular complexity index is 1020. The molecule has 0 saturated carbocycles. The second-order valence-electron chi connectivity index (χ2n) is 6.29. The van der Waals surface area contributed by atoms with Crippen molar-refractivity contribution in [2.75, 3.05) is 0 Å². The van der Waals surface area contributed by atoms with Crippen LogP contribution in [-0.4, -0.2) is 5.71 Å². The first-order valence-corrected chi connectivity index (χ1v) is 9.61. The maximum atomic E-state index is 13.0. The molecule has 0 N–H and O–H groups in total. The Morgan fingerprint density at radius 1 is 0.931 bits per heavy atom. The van der Waals surface area contributed by atoms with Crippen molar-refractivity contribution >= 4 is 23.2 Å². The number of aliphatic imine (C=N–C) groups is 1. The number of halogens is 4. The molecule has 0 aliphatic heterocycles. The van der Waals surface area contributed by atoms with E-state index in [1.54, 1.807) is 23.6 Å². The van der Waals surface area contributed by atoms with Crippen LogP contribution in [0.2, 0.25) is 0 Å². The summed E-state index contributed by atoms with van der Waals surface area (Å²) in [5.41, 5.74) is 2.12. The van der Waals surface area contributed by atoms with Crippen molar-refractivity contribution in [1.29, 1.82) is 0 Å². The molecule has 3 aromatic carbocycles. The molecule has 0 amide bonds. The number of rotatable bonds is 5. The molecule has 0 spiro atoms. The molecule has 0 unspecified atom stereocenters. The molecule has 1 nitrogen and oxygen atoms in total. The van der Waals surface area contributed by atoms with Crippen LogP contribution in [0.15, 0.2) is 94.2 Å². The summed E-state index contributed by atoms with van der Waals surface area (Å²) in [6.45, 7) is 1.94. The SMILES string of the molecule is Cc1cccc(/N=C(/C=C/Sc2ccc(F)cc2)c2ccc(C(F)(F)F)cc2)c1. The second kappa shape index (κ2) is 9.09. The molecule has 148 valence electrons. The topological polar surface area (TPSA) is 12.4 Å². The predicted octanol–water partition coefficient (Wildman–Crippen LogP) is 7.58. The Balaban J connectivity index is 1.91. The van der Waals surface area contributed by atoms with Gasteiger partial charge in [0.25, 0.3) is 0 Å². The van der Waals surface area contributed by atoms with Gasteiger partial charge in [-0.3, -0.25) is 0 Å². The lowest BCUT2D eigenvalue weighted by Crippen LogP contribution is -2.05. The van der Waals surface area contributed by atoms with E-state index in [4.69, 9.17) is 0 Å². The fraction of sp³-hybridized carbons (Fsp3) is 0.0870. The molecule has 0 aliphatic rings. The molecule has 0 bridgehead atoms. The molecule has 0 saturated heterocycles. The number of hydrogen-bond donors (Lipinski definition) is 0. The monoisotopic (exact) mass is 415 g/mol. The van der Waals surface area contributed by atoms with Gasteiger partial charge < -0.3 is 0 Å². The van der Waals surface area contributed by atoms with Crippen LogP contribution in [0, 0.1) is 12.7 Å². The first-order valence-electron chi connectivity index (χ1n) is 8.73. The van der Waals surface area contributed by atoms with Crippen LogP contribution < -0.4 is 0 Å². The van der Waals surface area contributed by atoms with Crippen molar-refractivity contribution in [3.63, 3.8) is 0 Å². The third-order valence-corrected chi connectivity index (χ3v) is 4.82. The van der Waals surface area contributed by atoms with Gasteiger partial charge in [-0.2, -0.15) is 13.2 Å². The van der Waals surface area contributed by atoms with Gasteiger partial charge in [-0.15, -0.1) is 0 Å². The van der Waals surface area contributed by atoms with Crippen LogP contribution in [0.5, 0.6) is 0 Å². The maximum Gasteiger partial charge on any atom is 0.416 e. The Labute approximate surface area is 170 Å². The van der Waals surface area contributed by atoms with E-state index in [-0.39, 0.29) is 5.82 Å². The molecule has 0 radical (unpaired) electrons. The van der Waals surface area contributed by atoms with Gasteiger partial charge in [-0.1, -0.05) is 36.0 Å². The van der Waals surface area contributed by atoms with Crippen molar-refractivity contribution in [2.24, 2.45) is 4.99 Å². The fourth-order valence-electron chi connectivity index (χ4n) is 2.55. The first-order chi connectivity index (χ1) is 13.8. The minimum atomic E-state index is -4.39. The van der Waals surface area contributed by atoms with Crippen molar-refractivity contribution < 1.29 is 17.6 Å². The van der Waals surface area contributed by atoms with Gasteiger partial charge >= 0.3 is 6.18 Å². The lowest BCUT2D eigenvalue weighted by molar-refractivity contribution is -0.137. The highest BCUT2D eigenvalue weighted by atomic mass is 32.2. The van der Waals surface area contributed by atoms with Crippen LogP contribution in [-0.2, 0) is 6.18 Å². The van der Waals surface area contributed by atoms with Crippen LogP contribution in [0.25, 0.3) is 0 Å². The molecule has 0 aliphatic carbocycles. The predicted molar refractivity (Wildman–Crippen MR) is 110 cm³/mol. The standard InChI is InChI=1S/C23H17F4NS/c1-16-3-2-4-20(15-16)28-22(13-14-29-21-11-9-19(24)10-12-21)17-5-7-18(8-6-17)23(25,26)27/h2-15H,1H3/b14-13+,28-22-. The number of allylic oxidation sites excluding steroid dienone is 1. The van der Waals surface area contributed by atoms with Crippen molar-refractivity contribution in [3.8, 4) is 0 Å². The van der Waals surface area contributed by atoms with Crippen molar-refractivity contribution in [2.45, 2.75) is 18.0 Å². The van der Waals surface area contributed by atoms with Gasteiger partial charge in [0.05, 0.1) is 17.0 Å². The van der Waals surface area contributed by atoms with Gasteiger partial charge in [0.2, 0.25) is 0 Å². The van der Waals surface area contributed by atoms with Crippen LogP contribution in [0.1, 0.15) is 16.7 Å². The third-order valence-electron chi connectivity index (χ3n) is 4.00. The minimum absolute atomic E-state index is 0.315. The van der Waals surface area contributed by atoms with E-state index in [0.717, 1.165) is 22.6 Å². The van der Waals surface area contributed by atoms with Crippen molar-refractivity contribution in [3.05, 3.63) is 107 Å². The zero-order chi connectivity index (χ0) is 20.9. The van der Waals surface area contributed by atoms with Crippen molar-refractivity contribution in [1.82, 2.24) is 0 Å². The smallest absolute Gasteiger partial charge is 0.248 e. The van der Waals surface area contributed by atoms with E-state index in [1.165, 1.54) is 36.0 Å². The zero-order valence-corrected chi connectivity index (χ0v) is 16.3. The molecule has 0 fully saturated rings. The average molecular weight is 415 g/mol. The average Bonchev–Trinajstić information content (AvgIpc) is 2.68. The van der Waals surface area contributed by atoms with Gasteiger partial charge in [0, 0.05) is 10.5 Å². The lowest BCUT2D eigenvalue weighted by Gasteiger charge is -2.08. The highest BCUT2D eigenvalue weighted by Gasteiger charge is 2.30. The zero-order valence-electron chi connectivity index (χ0n) is 15.5. The largest absolute Gasteiger partial charge is 0.416 e. The summed E-state index contributed by atoms with van der Waals surface area (Å²) in [5, 5.41) is 1.78. The van der Waals surface area contributed by atoms with Gasteiger partial charge in [-0.05, 0) is 72.5 Å². The fourth-order valence-corrected chi connectivity index (χ4v) is 3.20. The van der Waals surface area contributed by atoms with Crippen LogP contribution in [0.3, 0.4) is 0 Å². The minimum Gasteiger partial charge on any atom is -0.248 e. The van der Waals surface area contributed by atoms with Crippen LogP contribution in [0.4, 0.5) is 23.2 Å². The number of benzene rings is 3. The first kappa shape index (κ1) is 20.9. The van der Waals surface area contributed by atoms with Gasteiger partial charge in [-0.25, -0.2) is 9.38 Å². The summed E-state index contributed by atoms with van der Waals surface area (Å²) < 4.78 is 51.6. The Morgan fingerprint density at radius 3 is 2.24 bits per heavy atom. The van der Waals surface area contributed by atoms with Gasteiger partial charge in [0.15, 0.2) is 0 Å². The number of thioether (sulfide) groups is 1. The number of hydrogen-bond acceptors (Lipinski definition) is 2. The summed E-state index contributed by atoms with van der Waals surface area (Å²) >= 11 is 1.37. The number of aryl methyl sites for hydroxylation is 1. The third kappa shape index (κ3) is 6.06. The highest BCUT2D eigenvalue weighted by molar-refractivity contribution is 8.02. The summed E-state index contributed by atoms with van der Waals surface area (Å²) in [7, 11) is 0. The molecular weight excluding hydrogens is 398 g/mol. The summed E-state index contributed by atoms with van der Waals surface area (Å²) in [4.78, 5) is 5.44. The molecule has 0 aromatic heterocycles. The molecular formula is C23H17F4NS. The summed E-state index contributed by atoms with van der Waals surface area (Å²) in [6, 6.07) is 18.5. The lowest BCUT2D eigenvalue weighted by atomic mass is 10.1. The molecule has 3 aromatic rings. The number of nitrogens with zero attached hydrogens (tertiary/aromatic N) is 1. The van der Waals surface area contributed by atoms with Crippen LogP contribution >= 0.6 is 11.8 Å². The van der Waals surface area contributed by atoms with Gasteiger partial charge in [0.1, 0.15) is 5.82 Å². The quantitative estimate of drug-likeness (QED) is 0.238. The molecule has 0 heterocycles. The van der Waals surface area contributed by atoms with E-state index < -0.39 is 11.7 Å². The normalized spacial score (nSPS) is 12.5. The Morgan fingerprint density at radius 2 is 1.62 bits per heavy atom. The summed E-state index contributed by atoms with van der Waals surface area (Å²) in [6.07, 6.45) is -2.65. The maximum absolute atomic E-state index is 13.0.